The molecule has 1 heterocycles. The molecule has 7 heteroatoms. The number of nitrogens with one attached hydrogen (secondary N) is 2. The quantitative estimate of drug-likeness (QED) is 0.782. The number of carbonyl (C=O) groups excluding carboxylic acids is 1. The molecule has 2 aromatic rings. The summed E-state index contributed by atoms with van der Waals surface area (Å²) < 4.78 is 10.4. The lowest BCUT2D eigenvalue weighted by Gasteiger charge is -2.15. The standard InChI is InChI=1S/C17H16N2O5/c20-16(21)13(8-11-4-2-1-3-5-11)19-17(22)18-12-6-7-14-15(9-12)24-10-23-14/h1-7,9,13H,8,10H2,(H,20,21)(H2,18,19,22)/t13-/m0/s1. The first kappa shape index (κ1) is 15.7. The molecule has 0 radical (unpaired) electrons. The minimum atomic E-state index is -1.10. The Bertz CT molecular complexity index is 748. The molecule has 0 aliphatic carbocycles. The molecule has 3 N–H and O–H groups in total. The van der Waals surface area contributed by atoms with Gasteiger partial charge in [0.05, 0.1) is 0 Å². The first-order chi connectivity index (χ1) is 11.6. The lowest BCUT2D eigenvalue weighted by molar-refractivity contribution is -0.139. The van der Waals surface area contributed by atoms with Crippen molar-refractivity contribution < 1.29 is 24.2 Å². The van der Waals surface area contributed by atoms with Crippen LogP contribution in [0.4, 0.5) is 10.5 Å². The van der Waals surface area contributed by atoms with E-state index >= 15 is 0 Å². The minimum absolute atomic E-state index is 0.142. The summed E-state index contributed by atoms with van der Waals surface area (Å²) in [4.78, 5) is 23.4. The number of rotatable bonds is 5. The number of carbonyl (C=O) groups is 2. The summed E-state index contributed by atoms with van der Waals surface area (Å²) in [5, 5.41) is 14.4. The fourth-order valence-electron chi connectivity index (χ4n) is 2.35. The Morgan fingerprint density at radius 1 is 1.08 bits per heavy atom. The van der Waals surface area contributed by atoms with Gasteiger partial charge in [0.1, 0.15) is 6.04 Å². The number of hydrogen-bond acceptors (Lipinski definition) is 4. The van der Waals surface area contributed by atoms with E-state index in [0.717, 1.165) is 5.56 Å². The van der Waals surface area contributed by atoms with Gasteiger partial charge in [0.15, 0.2) is 11.5 Å². The third-order valence-electron chi connectivity index (χ3n) is 3.52. The summed E-state index contributed by atoms with van der Waals surface area (Å²) in [6.45, 7) is 0.142. The maximum Gasteiger partial charge on any atom is 0.326 e. The number of hydrogen-bond donors (Lipinski definition) is 3. The van der Waals surface area contributed by atoms with Gasteiger partial charge in [-0.1, -0.05) is 30.3 Å². The van der Waals surface area contributed by atoms with Crippen molar-refractivity contribution in [1.29, 1.82) is 0 Å². The Kier molecular flexibility index (Phi) is 4.51. The topological polar surface area (TPSA) is 96.9 Å². The molecular formula is C17H16N2O5. The summed E-state index contributed by atoms with van der Waals surface area (Å²) in [6.07, 6.45) is 0.199. The number of urea groups is 1. The van der Waals surface area contributed by atoms with Crippen LogP contribution in [0.15, 0.2) is 48.5 Å². The molecule has 0 aromatic heterocycles. The second-order valence-electron chi connectivity index (χ2n) is 5.25. The van der Waals surface area contributed by atoms with E-state index in [1.807, 2.05) is 30.3 Å². The Morgan fingerprint density at radius 2 is 1.83 bits per heavy atom. The fourth-order valence-corrected chi connectivity index (χ4v) is 2.35. The van der Waals surface area contributed by atoms with Crippen LogP contribution in [0, 0.1) is 0 Å². The van der Waals surface area contributed by atoms with E-state index in [1.165, 1.54) is 0 Å². The van der Waals surface area contributed by atoms with Crippen LogP contribution in [0.1, 0.15) is 5.56 Å². The van der Waals surface area contributed by atoms with E-state index in [1.54, 1.807) is 18.2 Å². The number of carboxylic acids is 1. The number of benzene rings is 2. The van der Waals surface area contributed by atoms with Crippen LogP contribution in [-0.2, 0) is 11.2 Å². The fraction of sp³-hybridized carbons (Fsp3) is 0.176. The predicted molar refractivity (Wildman–Crippen MR) is 86.3 cm³/mol. The van der Waals surface area contributed by atoms with E-state index in [4.69, 9.17) is 9.47 Å². The zero-order valence-corrected chi connectivity index (χ0v) is 12.7. The van der Waals surface area contributed by atoms with E-state index in [-0.39, 0.29) is 13.2 Å². The van der Waals surface area contributed by atoms with Crippen LogP contribution in [-0.4, -0.2) is 29.9 Å². The van der Waals surface area contributed by atoms with E-state index in [0.29, 0.717) is 17.2 Å². The van der Waals surface area contributed by atoms with Crippen LogP contribution >= 0.6 is 0 Å². The van der Waals surface area contributed by atoms with Crippen LogP contribution < -0.4 is 20.1 Å². The number of amides is 2. The summed E-state index contributed by atoms with van der Waals surface area (Å²) in [5.41, 5.74) is 1.31. The molecule has 1 aliphatic heterocycles. The summed E-state index contributed by atoms with van der Waals surface area (Å²) in [6, 6.07) is 12.4. The Morgan fingerprint density at radius 3 is 2.58 bits per heavy atom. The lowest BCUT2D eigenvalue weighted by Crippen LogP contribution is -2.44. The second-order valence-corrected chi connectivity index (χ2v) is 5.25. The van der Waals surface area contributed by atoms with Crippen LogP contribution in [0.25, 0.3) is 0 Å². The van der Waals surface area contributed by atoms with Crippen LogP contribution in [0.5, 0.6) is 11.5 Å². The van der Waals surface area contributed by atoms with Gasteiger partial charge in [-0.05, 0) is 17.7 Å². The maximum absolute atomic E-state index is 12.1. The molecule has 2 aromatic carbocycles. The monoisotopic (exact) mass is 328 g/mol. The van der Waals surface area contributed by atoms with Gasteiger partial charge in [-0.3, -0.25) is 0 Å². The SMILES string of the molecule is O=C(Nc1ccc2c(c1)OCO2)N[C@@H](Cc1ccccc1)C(=O)O. The number of ether oxygens (including phenoxy) is 2. The molecule has 3 rings (SSSR count). The van der Waals surface area contributed by atoms with Crippen molar-refractivity contribution in [2.45, 2.75) is 12.5 Å². The minimum Gasteiger partial charge on any atom is -0.480 e. The van der Waals surface area contributed by atoms with Gasteiger partial charge in [0.25, 0.3) is 0 Å². The molecule has 0 spiro atoms. The first-order valence-corrected chi connectivity index (χ1v) is 7.36. The molecule has 7 nitrogen and oxygen atoms in total. The average Bonchev–Trinajstić information content (AvgIpc) is 3.02. The van der Waals surface area contributed by atoms with Crippen LogP contribution in [0.2, 0.25) is 0 Å². The number of anilines is 1. The van der Waals surface area contributed by atoms with Crippen molar-refractivity contribution in [1.82, 2.24) is 5.32 Å². The predicted octanol–water partition coefficient (Wildman–Crippen LogP) is 2.23. The van der Waals surface area contributed by atoms with Gasteiger partial charge in [-0.15, -0.1) is 0 Å². The van der Waals surface area contributed by atoms with Crippen LogP contribution in [0.3, 0.4) is 0 Å². The number of aliphatic carboxylic acids is 1. The zero-order chi connectivity index (χ0) is 16.9. The number of fused-ring (bicyclic) bond motifs is 1. The number of carboxylic acid groups (broad SMARTS) is 1. The van der Waals surface area contributed by atoms with Gasteiger partial charge in [-0.25, -0.2) is 9.59 Å². The molecule has 24 heavy (non-hydrogen) atoms. The highest BCUT2D eigenvalue weighted by Gasteiger charge is 2.21. The van der Waals surface area contributed by atoms with Gasteiger partial charge >= 0.3 is 12.0 Å². The third-order valence-corrected chi connectivity index (χ3v) is 3.52. The largest absolute Gasteiger partial charge is 0.480 e. The van der Waals surface area contributed by atoms with E-state index < -0.39 is 18.0 Å². The Hall–Kier alpha value is -3.22. The van der Waals surface area contributed by atoms with Gasteiger partial charge < -0.3 is 25.2 Å². The first-order valence-electron chi connectivity index (χ1n) is 7.36. The van der Waals surface area contributed by atoms with Crippen molar-refractivity contribution in [3.05, 3.63) is 54.1 Å². The average molecular weight is 328 g/mol. The van der Waals surface area contributed by atoms with Gasteiger partial charge in [0.2, 0.25) is 6.79 Å². The van der Waals surface area contributed by atoms with Gasteiger partial charge in [-0.2, -0.15) is 0 Å². The molecule has 0 bridgehead atoms. The molecule has 0 saturated heterocycles. The van der Waals surface area contributed by atoms with Crippen molar-refractivity contribution in [2.24, 2.45) is 0 Å². The molecule has 0 unspecified atom stereocenters. The van der Waals surface area contributed by atoms with Crippen molar-refractivity contribution in [3.8, 4) is 11.5 Å². The molecule has 2 amide bonds. The zero-order valence-electron chi connectivity index (χ0n) is 12.7. The molecule has 1 aliphatic rings. The second kappa shape index (κ2) is 6.91. The summed E-state index contributed by atoms with van der Waals surface area (Å²) in [7, 11) is 0. The molecule has 0 saturated carbocycles. The van der Waals surface area contributed by atoms with E-state index in [2.05, 4.69) is 10.6 Å². The molecule has 1 atom stereocenters. The van der Waals surface area contributed by atoms with Crippen molar-refractivity contribution >= 4 is 17.7 Å². The van der Waals surface area contributed by atoms with Gasteiger partial charge in [0, 0.05) is 18.2 Å². The van der Waals surface area contributed by atoms with E-state index in [9.17, 15) is 14.7 Å². The summed E-state index contributed by atoms with van der Waals surface area (Å²) in [5.74, 6) is 0.0417. The van der Waals surface area contributed by atoms with Crippen molar-refractivity contribution in [2.75, 3.05) is 12.1 Å². The third kappa shape index (κ3) is 3.75. The van der Waals surface area contributed by atoms with Crippen molar-refractivity contribution in [3.63, 3.8) is 0 Å². The molecular weight excluding hydrogens is 312 g/mol. The highest BCUT2D eigenvalue weighted by molar-refractivity contribution is 5.92. The molecule has 0 fully saturated rings. The lowest BCUT2D eigenvalue weighted by atomic mass is 10.1. The molecule has 124 valence electrons. The highest BCUT2D eigenvalue weighted by Crippen LogP contribution is 2.34. The summed E-state index contributed by atoms with van der Waals surface area (Å²) >= 11 is 0. The highest BCUT2D eigenvalue weighted by atomic mass is 16.7. The maximum atomic E-state index is 12.1. The smallest absolute Gasteiger partial charge is 0.326 e. The normalized spacial score (nSPS) is 13.2. The Labute approximate surface area is 138 Å². The Balaban J connectivity index is 1.62.